The quantitative estimate of drug-likeness (QED) is 0.847. The fourth-order valence-electron chi connectivity index (χ4n) is 2.20. The van der Waals surface area contributed by atoms with Gasteiger partial charge in [0, 0.05) is 5.92 Å². The smallest absolute Gasteiger partial charge is 0.326 e. The molecule has 0 radical (unpaired) electrons. The van der Waals surface area contributed by atoms with Gasteiger partial charge in [0.2, 0.25) is 0 Å². The van der Waals surface area contributed by atoms with Crippen molar-refractivity contribution in [3.8, 4) is 0 Å². The van der Waals surface area contributed by atoms with Gasteiger partial charge in [-0.3, -0.25) is 4.79 Å². The van der Waals surface area contributed by atoms with Gasteiger partial charge in [-0.15, -0.1) is 0 Å². The lowest BCUT2D eigenvalue weighted by Gasteiger charge is -2.31. The molecule has 6 heteroatoms. The average Bonchev–Trinajstić information content (AvgIpc) is 2.74. The highest BCUT2D eigenvalue weighted by Gasteiger charge is 2.34. The minimum Gasteiger partial charge on any atom is -0.480 e. The summed E-state index contributed by atoms with van der Waals surface area (Å²) in [5.41, 5.74) is 0.181. The van der Waals surface area contributed by atoms with Gasteiger partial charge >= 0.3 is 5.97 Å². The molecule has 1 atom stereocenters. The second-order valence-corrected chi connectivity index (χ2v) is 5.20. The number of rotatable bonds is 5. The topological polar surface area (TPSA) is 92.4 Å². The number of nitrogens with zero attached hydrogens (tertiary/aromatic N) is 1. The van der Waals surface area contributed by atoms with E-state index in [-0.39, 0.29) is 17.5 Å². The first-order valence-electron chi connectivity index (χ1n) is 6.47. The molecular weight excluding hydrogens is 248 g/mol. The highest BCUT2D eigenvalue weighted by molar-refractivity contribution is 5.95. The Morgan fingerprint density at radius 2 is 2.16 bits per heavy atom. The number of hydrogen-bond donors (Lipinski definition) is 2. The van der Waals surface area contributed by atoms with E-state index < -0.39 is 17.9 Å². The number of nitrogens with one attached hydrogen (secondary N) is 1. The summed E-state index contributed by atoms with van der Waals surface area (Å²) >= 11 is 0. The summed E-state index contributed by atoms with van der Waals surface area (Å²) in [6, 6.07) is -0.835. The number of carboxylic acid groups (broad SMARTS) is 1. The van der Waals surface area contributed by atoms with Gasteiger partial charge in [0.1, 0.15) is 11.8 Å². The second kappa shape index (κ2) is 5.42. The lowest BCUT2D eigenvalue weighted by Crippen LogP contribution is -2.48. The van der Waals surface area contributed by atoms with Crippen molar-refractivity contribution in [2.45, 2.75) is 45.1 Å². The molecule has 1 aliphatic carbocycles. The van der Waals surface area contributed by atoms with E-state index in [1.807, 2.05) is 13.8 Å². The SMILES string of the molecule is CC(C)c1ocnc1C(=O)NC(C(=O)O)C1CCC1. The number of carboxylic acids is 1. The summed E-state index contributed by atoms with van der Waals surface area (Å²) in [7, 11) is 0. The molecule has 6 nitrogen and oxygen atoms in total. The normalized spacial score (nSPS) is 17.0. The Morgan fingerprint density at radius 1 is 1.47 bits per heavy atom. The molecule has 104 valence electrons. The third kappa shape index (κ3) is 2.77. The van der Waals surface area contributed by atoms with Crippen LogP contribution in [-0.2, 0) is 4.79 Å². The maximum atomic E-state index is 12.1. The summed E-state index contributed by atoms with van der Waals surface area (Å²) in [6.45, 7) is 3.77. The number of amides is 1. The summed E-state index contributed by atoms with van der Waals surface area (Å²) in [5.74, 6) is -0.939. The zero-order chi connectivity index (χ0) is 14.0. The molecule has 1 amide bonds. The molecule has 0 spiro atoms. The molecule has 2 N–H and O–H groups in total. The summed E-state index contributed by atoms with van der Waals surface area (Å²) in [5, 5.41) is 11.7. The van der Waals surface area contributed by atoms with E-state index in [2.05, 4.69) is 10.3 Å². The van der Waals surface area contributed by atoms with E-state index in [0.717, 1.165) is 19.3 Å². The maximum Gasteiger partial charge on any atom is 0.326 e. The molecule has 1 fully saturated rings. The van der Waals surface area contributed by atoms with Crippen LogP contribution in [0.2, 0.25) is 0 Å². The Hall–Kier alpha value is -1.85. The molecule has 1 aliphatic rings. The van der Waals surface area contributed by atoms with Crippen LogP contribution < -0.4 is 5.32 Å². The van der Waals surface area contributed by atoms with Crippen molar-refractivity contribution in [3.63, 3.8) is 0 Å². The van der Waals surface area contributed by atoms with Crippen LogP contribution in [0, 0.1) is 5.92 Å². The van der Waals surface area contributed by atoms with E-state index in [1.54, 1.807) is 0 Å². The maximum absolute atomic E-state index is 12.1. The van der Waals surface area contributed by atoms with Crippen LogP contribution in [0.15, 0.2) is 10.8 Å². The van der Waals surface area contributed by atoms with Crippen LogP contribution in [0.5, 0.6) is 0 Å². The first-order valence-corrected chi connectivity index (χ1v) is 6.47. The van der Waals surface area contributed by atoms with Gasteiger partial charge in [-0.2, -0.15) is 0 Å². The lowest BCUT2D eigenvalue weighted by molar-refractivity contribution is -0.141. The summed E-state index contributed by atoms with van der Waals surface area (Å²) in [4.78, 5) is 27.2. The van der Waals surface area contributed by atoms with Gasteiger partial charge in [0.05, 0.1) is 0 Å². The third-order valence-corrected chi connectivity index (χ3v) is 3.51. The van der Waals surface area contributed by atoms with Crippen LogP contribution in [0.25, 0.3) is 0 Å². The van der Waals surface area contributed by atoms with E-state index in [9.17, 15) is 14.7 Å². The zero-order valence-electron chi connectivity index (χ0n) is 11.0. The highest BCUT2D eigenvalue weighted by Crippen LogP contribution is 2.30. The van der Waals surface area contributed by atoms with Gasteiger partial charge < -0.3 is 14.8 Å². The molecule has 1 aromatic heterocycles. The molecule has 0 bridgehead atoms. The van der Waals surface area contributed by atoms with Crippen LogP contribution in [0.4, 0.5) is 0 Å². The lowest BCUT2D eigenvalue weighted by atomic mass is 9.79. The van der Waals surface area contributed by atoms with Crippen molar-refractivity contribution in [2.75, 3.05) is 0 Å². The van der Waals surface area contributed by atoms with Crippen molar-refractivity contribution in [2.24, 2.45) is 5.92 Å². The summed E-state index contributed by atoms with van der Waals surface area (Å²) in [6.07, 6.45) is 3.91. The number of aliphatic carboxylic acids is 1. The average molecular weight is 266 g/mol. The number of hydrogen-bond acceptors (Lipinski definition) is 4. The molecular formula is C13H18N2O4. The van der Waals surface area contributed by atoms with Crippen molar-refractivity contribution >= 4 is 11.9 Å². The van der Waals surface area contributed by atoms with Crippen LogP contribution in [0.3, 0.4) is 0 Å². The van der Waals surface area contributed by atoms with Gasteiger partial charge in [-0.1, -0.05) is 20.3 Å². The van der Waals surface area contributed by atoms with Crippen LogP contribution in [0.1, 0.15) is 55.3 Å². The van der Waals surface area contributed by atoms with Gasteiger partial charge in [-0.05, 0) is 18.8 Å². The first-order chi connectivity index (χ1) is 9.00. The predicted octanol–water partition coefficient (Wildman–Crippen LogP) is 1.78. The minimum absolute atomic E-state index is 0.0234. The Kier molecular flexibility index (Phi) is 3.87. The van der Waals surface area contributed by atoms with E-state index in [1.165, 1.54) is 6.39 Å². The van der Waals surface area contributed by atoms with Crippen molar-refractivity contribution in [3.05, 3.63) is 17.8 Å². The van der Waals surface area contributed by atoms with E-state index in [0.29, 0.717) is 5.76 Å². The van der Waals surface area contributed by atoms with Crippen LogP contribution >= 0.6 is 0 Å². The number of aromatic nitrogens is 1. The minimum atomic E-state index is -0.993. The molecule has 0 aromatic carbocycles. The Morgan fingerprint density at radius 3 is 2.63 bits per heavy atom. The molecule has 2 rings (SSSR count). The largest absolute Gasteiger partial charge is 0.480 e. The molecule has 0 saturated heterocycles. The molecule has 19 heavy (non-hydrogen) atoms. The molecule has 1 unspecified atom stereocenters. The van der Waals surface area contributed by atoms with Crippen LogP contribution in [-0.4, -0.2) is 28.0 Å². The Bertz CT molecular complexity index is 477. The molecule has 0 aliphatic heterocycles. The molecule has 1 saturated carbocycles. The zero-order valence-corrected chi connectivity index (χ0v) is 11.0. The number of carbonyl (C=O) groups is 2. The standard InChI is InChI=1S/C13H18N2O4/c1-7(2)11-10(14-6-19-11)12(16)15-9(13(17)18)8-4-3-5-8/h6-9H,3-5H2,1-2H3,(H,15,16)(H,17,18). The number of carbonyl (C=O) groups excluding carboxylic acids is 1. The van der Waals surface area contributed by atoms with E-state index in [4.69, 9.17) is 4.42 Å². The van der Waals surface area contributed by atoms with Gasteiger partial charge in [0.15, 0.2) is 12.1 Å². The second-order valence-electron chi connectivity index (χ2n) is 5.20. The third-order valence-electron chi connectivity index (χ3n) is 3.51. The van der Waals surface area contributed by atoms with Gasteiger partial charge in [-0.25, -0.2) is 9.78 Å². The highest BCUT2D eigenvalue weighted by atomic mass is 16.4. The fourth-order valence-corrected chi connectivity index (χ4v) is 2.20. The van der Waals surface area contributed by atoms with E-state index >= 15 is 0 Å². The summed E-state index contributed by atoms with van der Waals surface area (Å²) < 4.78 is 5.17. The van der Waals surface area contributed by atoms with Crippen molar-refractivity contribution in [1.82, 2.24) is 10.3 Å². The molecule has 1 aromatic rings. The fraction of sp³-hybridized carbons (Fsp3) is 0.615. The molecule has 1 heterocycles. The Balaban J connectivity index is 2.10. The number of oxazole rings is 1. The first kappa shape index (κ1) is 13.6. The van der Waals surface area contributed by atoms with Crippen molar-refractivity contribution < 1.29 is 19.1 Å². The monoisotopic (exact) mass is 266 g/mol. The van der Waals surface area contributed by atoms with Crippen molar-refractivity contribution in [1.29, 1.82) is 0 Å². The predicted molar refractivity (Wildman–Crippen MR) is 66.8 cm³/mol. The Labute approximate surface area is 111 Å². The van der Waals surface area contributed by atoms with Gasteiger partial charge in [0.25, 0.3) is 5.91 Å².